The van der Waals surface area contributed by atoms with E-state index in [0.29, 0.717) is 13.2 Å². The maximum absolute atomic E-state index is 5.62. The molecule has 0 saturated carbocycles. The van der Waals surface area contributed by atoms with Crippen LogP contribution in [0.25, 0.3) is 33.5 Å². The molecule has 0 unspecified atom stereocenters. The first-order valence-electron chi connectivity index (χ1n) is 9.79. The van der Waals surface area contributed by atoms with Gasteiger partial charge < -0.3 is 9.64 Å². The molecule has 0 bridgehead atoms. The Labute approximate surface area is 168 Å². The molecule has 1 atom stereocenters. The van der Waals surface area contributed by atoms with E-state index in [1.165, 1.54) is 0 Å². The van der Waals surface area contributed by atoms with Crippen molar-refractivity contribution in [3.63, 3.8) is 0 Å². The molecular formula is C21H23N7O. The van der Waals surface area contributed by atoms with Crippen LogP contribution >= 0.6 is 0 Å². The predicted octanol–water partition coefficient (Wildman–Crippen LogP) is 3.25. The maximum atomic E-state index is 5.62. The summed E-state index contributed by atoms with van der Waals surface area (Å²) in [4.78, 5) is 11.8. The van der Waals surface area contributed by atoms with Gasteiger partial charge in [-0.1, -0.05) is 6.07 Å². The number of rotatable bonds is 3. The Kier molecular flexibility index (Phi) is 4.28. The van der Waals surface area contributed by atoms with Gasteiger partial charge in [-0.3, -0.25) is 15.2 Å². The molecule has 8 nitrogen and oxygen atoms in total. The summed E-state index contributed by atoms with van der Waals surface area (Å²) in [5, 5.41) is 15.1. The fourth-order valence-corrected chi connectivity index (χ4v) is 3.76. The molecule has 29 heavy (non-hydrogen) atoms. The molecule has 4 aromatic heterocycles. The number of fused-ring (bicyclic) bond motifs is 1. The summed E-state index contributed by atoms with van der Waals surface area (Å²) in [7, 11) is 0. The van der Waals surface area contributed by atoms with Gasteiger partial charge in [-0.25, -0.2) is 4.98 Å². The number of morpholine rings is 1. The Morgan fingerprint density at radius 2 is 2.00 bits per heavy atom. The van der Waals surface area contributed by atoms with Crippen LogP contribution in [0.1, 0.15) is 18.3 Å². The van der Waals surface area contributed by atoms with Crippen molar-refractivity contribution >= 4 is 16.9 Å². The second kappa shape index (κ2) is 6.97. The van der Waals surface area contributed by atoms with Crippen LogP contribution in [-0.4, -0.2) is 56.2 Å². The van der Waals surface area contributed by atoms with Gasteiger partial charge in [-0.2, -0.15) is 10.2 Å². The van der Waals surface area contributed by atoms with E-state index in [-0.39, 0.29) is 6.04 Å². The van der Waals surface area contributed by atoms with Gasteiger partial charge in [0.2, 0.25) is 0 Å². The Hall–Kier alpha value is -3.26. The molecule has 148 valence electrons. The number of nitrogens with zero attached hydrogens (tertiary/aromatic N) is 5. The first-order chi connectivity index (χ1) is 14.1. The van der Waals surface area contributed by atoms with E-state index in [0.717, 1.165) is 57.3 Å². The van der Waals surface area contributed by atoms with E-state index in [1.807, 2.05) is 32.2 Å². The zero-order valence-corrected chi connectivity index (χ0v) is 16.7. The average Bonchev–Trinajstić information content (AvgIpc) is 3.34. The van der Waals surface area contributed by atoms with Gasteiger partial charge in [-0.15, -0.1) is 0 Å². The highest BCUT2D eigenvalue weighted by Gasteiger charge is 2.24. The lowest BCUT2D eigenvalue weighted by atomic mass is 10.1. The van der Waals surface area contributed by atoms with Gasteiger partial charge in [0, 0.05) is 35.3 Å². The summed E-state index contributed by atoms with van der Waals surface area (Å²) < 4.78 is 5.62. The summed E-state index contributed by atoms with van der Waals surface area (Å²) in [6, 6.07) is 8.45. The van der Waals surface area contributed by atoms with Crippen molar-refractivity contribution in [3.8, 4) is 22.5 Å². The normalized spacial score (nSPS) is 17.2. The molecule has 0 spiro atoms. The van der Waals surface area contributed by atoms with Crippen molar-refractivity contribution in [1.29, 1.82) is 0 Å². The minimum atomic E-state index is 0.251. The number of aromatic amines is 2. The predicted molar refractivity (Wildman–Crippen MR) is 112 cm³/mol. The van der Waals surface area contributed by atoms with Crippen LogP contribution in [0.15, 0.2) is 30.5 Å². The number of nitrogens with one attached hydrogen (secondary N) is 2. The second-order valence-electron chi connectivity index (χ2n) is 7.57. The summed E-state index contributed by atoms with van der Waals surface area (Å²) in [6.45, 7) is 8.32. The van der Waals surface area contributed by atoms with Gasteiger partial charge in [0.25, 0.3) is 0 Å². The number of hydrogen-bond acceptors (Lipinski definition) is 6. The molecule has 1 aliphatic heterocycles. The molecule has 0 amide bonds. The number of hydrogen-bond donors (Lipinski definition) is 2. The van der Waals surface area contributed by atoms with Gasteiger partial charge >= 0.3 is 0 Å². The molecule has 1 saturated heterocycles. The van der Waals surface area contributed by atoms with Gasteiger partial charge in [-0.05, 0) is 39.0 Å². The maximum Gasteiger partial charge on any atom is 0.130 e. The molecule has 2 N–H and O–H groups in total. The van der Waals surface area contributed by atoms with Crippen molar-refractivity contribution < 1.29 is 4.74 Å². The standard InChI is InChI=1S/C21H23N7O/c1-12-4-5-15(10-22-12)16-9-18(28-6-7-29-11-14(28)3)23-21-19(16)26-27-20(21)17-8-13(2)24-25-17/h4-5,8-10,14H,6-7,11H2,1-3H3,(H,24,25)(H,26,27)/t14-/m1/s1. The number of ether oxygens (including phenoxy) is 1. The zero-order chi connectivity index (χ0) is 20.0. The van der Waals surface area contributed by atoms with Crippen molar-refractivity contribution in [1.82, 2.24) is 30.4 Å². The molecule has 5 heterocycles. The fourth-order valence-electron chi connectivity index (χ4n) is 3.76. The van der Waals surface area contributed by atoms with E-state index >= 15 is 0 Å². The van der Waals surface area contributed by atoms with Crippen molar-refractivity contribution in [3.05, 3.63) is 41.9 Å². The van der Waals surface area contributed by atoms with E-state index in [9.17, 15) is 0 Å². The van der Waals surface area contributed by atoms with Crippen LogP contribution in [0.5, 0.6) is 0 Å². The largest absolute Gasteiger partial charge is 0.377 e. The topological polar surface area (TPSA) is 95.6 Å². The second-order valence-corrected chi connectivity index (χ2v) is 7.57. The summed E-state index contributed by atoms with van der Waals surface area (Å²) in [5.74, 6) is 0.916. The quantitative estimate of drug-likeness (QED) is 0.558. The molecule has 1 fully saturated rings. The Morgan fingerprint density at radius 3 is 2.72 bits per heavy atom. The van der Waals surface area contributed by atoms with Crippen LogP contribution in [0.2, 0.25) is 0 Å². The highest BCUT2D eigenvalue weighted by molar-refractivity contribution is 5.99. The Bertz CT molecular complexity index is 1160. The van der Waals surface area contributed by atoms with E-state index in [2.05, 4.69) is 49.3 Å². The van der Waals surface area contributed by atoms with Crippen LogP contribution in [0, 0.1) is 13.8 Å². The summed E-state index contributed by atoms with van der Waals surface area (Å²) in [6.07, 6.45) is 1.89. The van der Waals surface area contributed by atoms with Crippen molar-refractivity contribution in [2.24, 2.45) is 0 Å². The zero-order valence-electron chi connectivity index (χ0n) is 16.7. The summed E-state index contributed by atoms with van der Waals surface area (Å²) >= 11 is 0. The number of H-pyrrole nitrogens is 2. The smallest absolute Gasteiger partial charge is 0.130 e. The third-order valence-corrected chi connectivity index (χ3v) is 5.34. The minimum Gasteiger partial charge on any atom is -0.377 e. The SMILES string of the molecule is Cc1ccc(-c2cc(N3CCOC[C@H]3C)nc3c(-c4cc(C)[nH]n4)[nH]nc23)cn1. The van der Waals surface area contributed by atoms with Crippen LogP contribution < -0.4 is 4.90 Å². The van der Waals surface area contributed by atoms with Crippen LogP contribution in [0.4, 0.5) is 5.82 Å². The van der Waals surface area contributed by atoms with E-state index < -0.39 is 0 Å². The molecule has 8 heteroatoms. The molecule has 0 radical (unpaired) electrons. The number of aryl methyl sites for hydroxylation is 2. The fraction of sp³-hybridized carbons (Fsp3) is 0.333. The summed E-state index contributed by atoms with van der Waals surface area (Å²) in [5.41, 5.74) is 7.23. The third kappa shape index (κ3) is 3.15. The monoisotopic (exact) mass is 389 g/mol. The number of anilines is 1. The molecule has 0 aromatic carbocycles. The lowest BCUT2D eigenvalue weighted by molar-refractivity contribution is 0.0986. The van der Waals surface area contributed by atoms with Gasteiger partial charge in [0.1, 0.15) is 28.2 Å². The van der Waals surface area contributed by atoms with Crippen molar-refractivity contribution in [2.75, 3.05) is 24.7 Å². The first kappa shape index (κ1) is 17.8. The third-order valence-electron chi connectivity index (χ3n) is 5.34. The van der Waals surface area contributed by atoms with E-state index in [1.54, 1.807) is 0 Å². The lowest BCUT2D eigenvalue weighted by Gasteiger charge is -2.34. The molecule has 1 aliphatic rings. The number of pyridine rings is 2. The Morgan fingerprint density at radius 1 is 1.10 bits per heavy atom. The highest BCUT2D eigenvalue weighted by Crippen LogP contribution is 2.35. The molecular weight excluding hydrogens is 366 g/mol. The van der Waals surface area contributed by atoms with Crippen LogP contribution in [0.3, 0.4) is 0 Å². The minimum absolute atomic E-state index is 0.251. The average molecular weight is 389 g/mol. The molecule has 0 aliphatic carbocycles. The molecule has 4 aromatic rings. The Balaban J connectivity index is 1.73. The molecule has 5 rings (SSSR count). The van der Waals surface area contributed by atoms with Crippen molar-refractivity contribution in [2.45, 2.75) is 26.8 Å². The first-order valence-corrected chi connectivity index (χ1v) is 9.79. The lowest BCUT2D eigenvalue weighted by Crippen LogP contribution is -2.44. The number of aromatic nitrogens is 6. The van der Waals surface area contributed by atoms with E-state index in [4.69, 9.17) is 9.72 Å². The highest BCUT2D eigenvalue weighted by atomic mass is 16.5. The van der Waals surface area contributed by atoms with Gasteiger partial charge in [0.15, 0.2) is 0 Å². The van der Waals surface area contributed by atoms with Gasteiger partial charge in [0.05, 0.1) is 19.3 Å². The van der Waals surface area contributed by atoms with Crippen LogP contribution in [-0.2, 0) is 4.74 Å².